The zero-order valence-corrected chi connectivity index (χ0v) is 9.42. The van der Waals surface area contributed by atoms with E-state index in [2.05, 4.69) is 10.6 Å². The van der Waals surface area contributed by atoms with Crippen molar-refractivity contribution < 1.29 is 14.3 Å². The van der Waals surface area contributed by atoms with Crippen molar-refractivity contribution in [3.8, 4) is 0 Å². The predicted octanol–water partition coefficient (Wildman–Crippen LogP) is 0.790. The van der Waals surface area contributed by atoms with Crippen LogP contribution in [0, 0.1) is 0 Å². The Labute approximate surface area is 89.6 Å². The highest BCUT2D eigenvalue weighted by molar-refractivity contribution is 5.78. The monoisotopic (exact) mass is 214 g/mol. The number of hydrogen-bond acceptors (Lipinski definition) is 3. The number of nitrogens with one attached hydrogen (secondary N) is 2. The number of carbonyl (C=O) groups excluding carboxylic acids is 2. The molecule has 1 heterocycles. The van der Waals surface area contributed by atoms with Gasteiger partial charge in [0.2, 0.25) is 5.91 Å². The average molecular weight is 214 g/mol. The molecule has 1 fully saturated rings. The van der Waals surface area contributed by atoms with Crippen molar-refractivity contribution in [3.63, 3.8) is 0 Å². The summed E-state index contributed by atoms with van der Waals surface area (Å²) in [5.74, 6) is -0.0256. The number of rotatable bonds is 1. The summed E-state index contributed by atoms with van der Waals surface area (Å²) < 4.78 is 5.09. The number of hydrogen-bond donors (Lipinski definition) is 2. The van der Waals surface area contributed by atoms with E-state index in [1.54, 1.807) is 20.8 Å². The molecule has 1 rings (SSSR count). The van der Waals surface area contributed by atoms with Gasteiger partial charge in [0.15, 0.2) is 0 Å². The van der Waals surface area contributed by atoms with Crippen LogP contribution >= 0.6 is 0 Å². The van der Waals surface area contributed by atoms with Gasteiger partial charge in [-0.25, -0.2) is 4.79 Å². The molecule has 0 spiro atoms. The third-order valence-electron chi connectivity index (χ3n) is 1.97. The molecule has 0 aromatic rings. The molecule has 0 aromatic heterocycles. The lowest BCUT2D eigenvalue weighted by molar-refractivity contribution is -0.122. The van der Waals surface area contributed by atoms with E-state index >= 15 is 0 Å². The van der Waals surface area contributed by atoms with Gasteiger partial charge in [-0.05, 0) is 27.2 Å². The third-order valence-corrected chi connectivity index (χ3v) is 1.97. The summed E-state index contributed by atoms with van der Waals surface area (Å²) in [5, 5.41) is 5.39. The van der Waals surface area contributed by atoms with Crippen LogP contribution in [0.25, 0.3) is 0 Å². The summed E-state index contributed by atoms with van der Waals surface area (Å²) in [5.41, 5.74) is -0.499. The predicted molar refractivity (Wildman–Crippen MR) is 55.4 cm³/mol. The Kier molecular flexibility index (Phi) is 3.55. The van der Waals surface area contributed by atoms with Crippen LogP contribution in [0.5, 0.6) is 0 Å². The molecule has 0 bridgehead atoms. The fraction of sp³-hybridized carbons (Fsp3) is 0.800. The summed E-state index contributed by atoms with van der Waals surface area (Å²) in [6, 6.07) is -0.103. The van der Waals surface area contributed by atoms with Crippen LogP contribution in [-0.2, 0) is 9.53 Å². The Morgan fingerprint density at radius 1 is 1.53 bits per heavy atom. The van der Waals surface area contributed by atoms with E-state index in [0.717, 1.165) is 6.42 Å². The number of ether oxygens (including phenoxy) is 1. The van der Waals surface area contributed by atoms with Gasteiger partial charge >= 0.3 is 6.09 Å². The molecule has 15 heavy (non-hydrogen) atoms. The quantitative estimate of drug-likeness (QED) is 0.678. The summed E-state index contributed by atoms with van der Waals surface area (Å²) in [6.45, 7) is 6.03. The summed E-state index contributed by atoms with van der Waals surface area (Å²) >= 11 is 0. The van der Waals surface area contributed by atoms with Crippen LogP contribution in [0.3, 0.4) is 0 Å². The molecule has 5 nitrogen and oxygen atoms in total. The van der Waals surface area contributed by atoms with Gasteiger partial charge in [-0.3, -0.25) is 4.79 Å². The fourth-order valence-electron chi connectivity index (χ4n) is 1.38. The molecule has 2 N–H and O–H groups in total. The van der Waals surface area contributed by atoms with E-state index in [1.165, 1.54) is 0 Å². The maximum Gasteiger partial charge on any atom is 0.407 e. The van der Waals surface area contributed by atoms with Gasteiger partial charge in [0, 0.05) is 19.0 Å². The maximum absolute atomic E-state index is 11.4. The second-order valence-electron chi connectivity index (χ2n) is 4.69. The van der Waals surface area contributed by atoms with Crippen molar-refractivity contribution in [1.29, 1.82) is 0 Å². The van der Waals surface area contributed by atoms with Crippen LogP contribution < -0.4 is 10.6 Å². The van der Waals surface area contributed by atoms with Crippen LogP contribution in [0.2, 0.25) is 0 Å². The van der Waals surface area contributed by atoms with Gasteiger partial charge in [-0.2, -0.15) is 0 Å². The molecule has 5 heteroatoms. The highest BCUT2D eigenvalue weighted by Gasteiger charge is 2.23. The molecule has 0 radical (unpaired) electrons. The van der Waals surface area contributed by atoms with Crippen molar-refractivity contribution in [2.75, 3.05) is 6.54 Å². The van der Waals surface area contributed by atoms with E-state index in [0.29, 0.717) is 13.0 Å². The molecular weight excluding hydrogens is 196 g/mol. The van der Waals surface area contributed by atoms with Crippen molar-refractivity contribution >= 4 is 12.0 Å². The standard InChI is InChI=1S/C10H18N2O3/c1-10(2,3)15-9(14)12-7-4-5-11-8(13)6-7/h7H,4-6H2,1-3H3,(H,11,13)(H,12,14). The lowest BCUT2D eigenvalue weighted by Crippen LogP contribution is -2.46. The number of piperidine rings is 1. The Hall–Kier alpha value is -1.26. The minimum absolute atomic E-state index is 0.0256. The van der Waals surface area contributed by atoms with E-state index in [9.17, 15) is 9.59 Å². The Balaban J connectivity index is 2.34. The van der Waals surface area contributed by atoms with Crippen molar-refractivity contribution in [1.82, 2.24) is 10.6 Å². The minimum atomic E-state index is -0.499. The summed E-state index contributed by atoms with van der Waals surface area (Å²) in [6.07, 6.45) is 0.631. The number of alkyl carbamates (subject to hydrolysis) is 1. The summed E-state index contributed by atoms with van der Waals surface area (Å²) in [4.78, 5) is 22.4. The molecule has 1 unspecified atom stereocenters. The van der Waals surface area contributed by atoms with Crippen molar-refractivity contribution in [2.45, 2.75) is 45.3 Å². The molecule has 2 amide bonds. The first kappa shape index (κ1) is 11.8. The van der Waals surface area contributed by atoms with E-state index in [-0.39, 0.29) is 11.9 Å². The van der Waals surface area contributed by atoms with Gasteiger partial charge < -0.3 is 15.4 Å². The van der Waals surface area contributed by atoms with Gasteiger partial charge in [0.05, 0.1) is 0 Å². The zero-order valence-electron chi connectivity index (χ0n) is 9.42. The largest absolute Gasteiger partial charge is 0.444 e. The van der Waals surface area contributed by atoms with Gasteiger partial charge in [-0.1, -0.05) is 0 Å². The smallest absolute Gasteiger partial charge is 0.407 e. The van der Waals surface area contributed by atoms with Crippen molar-refractivity contribution in [2.24, 2.45) is 0 Å². The SMILES string of the molecule is CC(C)(C)OC(=O)NC1CCNC(=O)C1. The maximum atomic E-state index is 11.4. The topological polar surface area (TPSA) is 67.4 Å². The molecular formula is C10H18N2O3. The highest BCUT2D eigenvalue weighted by Crippen LogP contribution is 2.09. The van der Waals surface area contributed by atoms with Gasteiger partial charge in [0.1, 0.15) is 5.60 Å². The minimum Gasteiger partial charge on any atom is -0.444 e. The van der Waals surface area contributed by atoms with E-state index in [4.69, 9.17) is 4.74 Å². The molecule has 0 saturated carbocycles. The average Bonchev–Trinajstić information content (AvgIpc) is 1.99. The van der Waals surface area contributed by atoms with Crippen LogP contribution in [-0.4, -0.2) is 30.2 Å². The Morgan fingerprint density at radius 3 is 2.73 bits per heavy atom. The Bertz CT molecular complexity index is 258. The summed E-state index contributed by atoms with van der Waals surface area (Å²) in [7, 11) is 0. The number of carbonyl (C=O) groups is 2. The molecule has 0 aromatic carbocycles. The van der Waals surface area contributed by atoms with Gasteiger partial charge in [0.25, 0.3) is 0 Å². The van der Waals surface area contributed by atoms with E-state index in [1.807, 2.05) is 0 Å². The first-order valence-electron chi connectivity index (χ1n) is 5.13. The molecule has 0 aliphatic carbocycles. The van der Waals surface area contributed by atoms with Crippen molar-refractivity contribution in [3.05, 3.63) is 0 Å². The van der Waals surface area contributed by atoms with Gasteiger partial charge in [-0.15, -0.1) is 0 Å². The van der Waals surface area contributed by atoms with Crippen LogP contribution in [0.15, 0.2) is 0 Å². The lowest BCUT2D eigenvalue weighted by Gasteiger charge is -2.25. The second kappa shape index (κ2) is 4.51. The molecule has 1 atom stereocenters. The first-order valence-corrected chi connectivity index (χ1v) is 5.13. The second-order valence-corrected chi connectivity index (χ2v) is 4.69. The van der Waals surface area contributed by atoms with Crippen LogP contribution in [0.1, 0.15) is 33.6 Å². The molecule has 86 valence electrons. The zero-order chi connectivity index (χ0) is 11.5. The lowest BCUT2D eigenvalue weighted by atomic mass is 10.1. The fourth-order valence-corrected chi connectivity index (χ4v) is 1.38. The van der Waals surface area contributed by atoms with Crippen LogP contribution in [0.4, 0.5) is 4.79 Å². The first-order chi connectivity index (χ1) is 6.87. The third kappa shape index (κ3) is 4.67. The molecule has 1 aliphatic rings. The normalized spacial score (nSPS) is 21.8. The number of amides is 2. The Morgan fingerprint density at radius 2 is 2.20 bits per heavy atom. The highest BCUT2D eigenvalue weighted by atomic mass is 16.6. The van der Waals surface area contributed by atoms with E-state index < -0.39 is 11.7 Å². The molecule has 1 aliphatic heterocycles. The molecule has 1 saturated heterocycles.